The third kappa shape index (κ3) is 23.7. The zero-order valence-electron chi connectivity index (χ0n) is 48.4. The number of phenolic OH excluding ortho intramolecular Hbond substituents is 1. The first kappa shape index (κ1) is 71.0. The summed E-state index contributed by atoms with van der Waals surface area (Å²) in [4.78, 5) is 162. The number of carboxylic acids is 2. The summed E-state index contributed by atoms with van der Waals surface area (Å²) in [5.41, 5.74) is 17.8. The molecule has 1 aliphatic rings. The van der Waals surface area contributed by atoms with Crippen molar-refractivity contribution in [3.05, 3.63) is 65.7 Å². The van der Waals surface area contributed by atoms with Crippen molar-refractivity contribution >= 4 is 71.0 Å². The van der Waals surface area contributed by atoms with Gasteiger partial charge in [-0.15, -0.1) is 0 Å². The molecule has 0 aromatic heterocycles. The molecule has 470 valence electrons. The Balaban J connectivity index is 1.88. The highest BCUT2D eigenvalue weighted by atomic mass is 16.4. The Morgan fingerprint density at radius 2 is 1.12 bits per heavy atom. The Kier molecular flexibility index (Phi) is 29.3. The van der Waals surface area contributed by atoms with Gasteiger partial charge in [-0.05, 0) is 93.5 Å². The molecule has 0 bridgehead atoms. The number of aliphatic hydroxyl groups excluding tert-OH is 2. The van der Waals surface area contributed by atoms with E-state index in [1.807, 2.05) is 0 Å². The zero-order chi connectivity index (χ0) is 63.7. The first-order valence-electron chi connectivity index (χ1n) is 28.1. The number of primary amides is 1. The van der Waals surface area contributed by atoms with Crippen molar-refractivity contribution in [3.63, 3.8) is 0 Å². The lowest BCUT2D eigenvalue weighted by atomic mass is 9.99. The maximum Gasteiger partial charge on any atom is 0.326 e. The molecule has 1 fully saturated rings. The molecular formula is C56H84N12O17. The highest BCUT2D eigenvalue weighted by Gasteiger charge is 2.41. The van der Waals surface area contributed by atoms with Gasteiger partial charge in [-0.2, -0.15) is 0 Å². The number of aromatic hydroxyl groups is 1. The number of benzene rings is 2. The smallest absolute Gasteiger partial charge is 0.326 e. The maximum atomic E-state index is 14.4. The van der Waals surface area contributed by atoms with Gasteiger partial charge in [0, 0.05) is 25.8 Å². The Bertz CT molecular complexity index is 2630. The average Bonchev–Trinajstić information content (AvgIpc) is 4.22. The number of nitrogens with zero attached hydrogens (tertiary/aromatic N) is 1. The molecule has 0 saturated carbocycles. The zero-order valence-corrected chi connectivity index (χ0v) is 48.4. The summed E-state index contributed by atoms with van der Waals surface area (Å²) in [6.45, 7) is 6.94. The molecule has 0 radical (unpaired) electrons. The van der Waals surface area contributed by atoms with Crippen LogP contribution in [0.2, 0.25) is 0 Å². The van der Waals surface area contributed by atoms with E-state index >= 15 is 0 Å². The van der Waals surface area contributed by atoms with Gasteiger partial charge in [0.1, 0.15) is 66.2 Å². The number of carbonyl (C=O) groups is 12. The molecule has 29 heteroatoms. The number of nitrogens with two attached hydrogens (primary N) is 3. The first-order valence-corrected chi connectivity index (χ1v) is 28.1. The van der Waals surface area contributed by atoms with Crippen LogP contribution in [0.3, 0.4) is 0 Å². The maximum absolute atomic E-state index is 14.4. The van der Waals surface area contributed by atoms with Crippen molar-refractivity contribution in [2.45, 2.75) is 172 Å². The molecule has 1 saturated heterocycles. The van der Waals surface area contributed by atoms with E-state index in [4.69, 9.17) is 17.2 Å². The van der Waals surface area contributed by atoms with Crippen molar-refractivity contribution in [3.8, 4) is 5.75 Å². The highest BCUT2D eigenvalue weighted by molar-refractivity contribution is 5.99. The predicted octanol–water partition coefficient (Wildman–Crippen LogP) is -3.60. The van der Waals surface area contributed by atoms with E-state index in [1.54, 1.807) is 58.0 Å². The van der Waals surface area contributed by atoms with Crippen LogP contribution in [0.1, 0.15) is 104 Å². The van der Waals surface area contributed by atoms with Gasteiger partial charge in [-0.1, -0.05) is 70.2 Å². The molecule has 1 heterocycles. The molecule has 19 N–H and O–H groups in total. The van der Waals surface area contributed by atoms with Crippen LogP contribution in [0.5, 0.6) is 5.75 Å². The summed E-state index contributed by atoms with van der Waals surface area (Å²) >= 11 is 0. The summed E-state index contributed by atoms with van der Waals surface area (Å²) in [5, 5.41) is 69.5. The lowest BCUT2D eigenvalue weighted by molar-refractivity contribution is -0.143. The van der Waals surface area contributed by atoms with Gasteiger partial charge in [-0.25, -0.2) is 4.79 Å². The van der Waals surface area contributed by atoms with E-state index < -0.39 is 169 Å². The minimum absolute atomic E-state index is 0.00761. The van der Waals surface area contributed by atoms with E-state index in [0.717, 1.165) is 4.90 Å². The summed E-state index contributed by atoms with van der Waals surface area (Å²) in [6, 6.07) is -0.780. The lowest BCUT2D eigenvalue weighted by Gasteiger charge is -2.30. The van der Waals surface area contributed by atoms with Crippen LogP contribution < -0.4 is 59.7 Å². The number of nitrogens with one attached hydrogen (secondary N) is 8. The molecule has 2 aromatic carbocycles. The number of unbranched alkanes of at least 4 members (excludes halogenated alkanes) is 1. The molecule has 3 rings (SSSR count). The number of aliphatic carboxylic acids is 2. The van der Waals surface area contributed by atoms with E-state index in [0.29, 0.717) is 17.5 Å². The Morgan fingerprint density at radius 3 is 1.65 bits per heavy atom. The van der Waals surface area contributed by atoms with Crippen molar-refractivity contribution in [1.82, 2.24) is 47.4 Å². The number of hydrogen-bond donors (Lipinski definition) is 16. The molecule has 1 aliphatic heterocycles. The summed E-state index contributed by atoms with van der Waals surface area (Å²) < 4.78 is 0. The van der Waals surface area contributed by atoms with Crippen LogP contribution in [0, 0.1) is 11.8 Å². The summed E-state index contributed by atoms with van der Waals surface area (Å²) in [5.74, 6) is -13.3. The van der Waals surface area contributed by atoms with Crippen LogP contribution in [0.15, 0.2) is 54.6 Å². The van der Waals surface area contributed by atoms with Crippen LogP contribution >= 0.6 is 0 Å². The molecule has 0 aliphatic carbocycles. The van der Waals surface area contributed by atoms with Gasteiger partial charge in [0.2, 0.25) is 59.1 Å². The van der Waals surface area contributed by atoms with E-state index in [2.05, 4.69) is 42.5 Å². The fraction of sp³-hybridized carbons (Fsp3) is 0.571. The van der Waals surface area contributed by atoms with Gasteiger partial charge in [0.25, 0.3) is 0 Å². The van der Waals surface area contributed by atoms with Gasteiger partial charge < -0.3 is 90.2 Å². The van der Waals surface area contributed by atoms with Gasteiger partial charge in [0.05, 0.1) is 19.1 Å². The van der Waals surface area contributed by atoms with Crippen LogP contribution in [-0.2, 0) is 70.4 Å². The van der Waals surface area contributed by atoms with Crippen LogP contribution in [-0.4, -0.2) is 188 Å². The minimum Gasteiger partial charge on any atom is -0.508 e. The molecule has 85 heavy (non-hydrogen) atoms. The second-order valence-electron chi connectivity index (χ2n) is 21.7. The number of amides is 10. The topological polar surface area (TPSA) is 484 Å². The monoisotopic (exact) mass is 1200 g/mol. The number of aliphatic hydroxyl groups is 2. The molecule has 11 atom stereocenters. The van der Waals surface area contributed by atoms with Crippen LogP contribution in [0.25, 0.3) is 0 Å². The quantitative estimate of drug-likeness (QED) is 0.0293. The molecule has 0 unspecified atom stereocenters. The third-order valence-corrected chi connectivity index (χ3v) is 13.8. The Labute approximate surface area is 492 Å². The largest absolute Gasteiger partial charge is 0.508 e. The SMILES string of the molecule is CC(C)C[C@H](NC(=O)[C@H](Cc1ccc(O)cc1)NC(=O)[C@H](Cc1ccccc1)NC(=O)[C@@H](NC(=O)[C@H](CCCCN)NC(=O)[C@H](CO)NC(=O)[C@H](CCC(=O)O)NC(=O)[C@@H]1CCCN1C(=O)[C@H](CC(N)=O)NC(=O)[C@@H](N)[C@@H](C)O)C(C)C)C(=O)O. The molecule has 0 spiro atoms. The number of phenols is 1. The predicted molar refractivity (Wildman–Crippen MR) is 304 cm³/mol. The fourth-order valence-electron chi connectivity index (χ4n) is 9.12. The molecule has 10 amide bonds. The Hall–Kier alpha value is -8.28. The van der Waals surface area contributed by atoms with Gasteiger partial charge >= 0.3 is 11.9 Å². The average molecular weight is 1200 g/mol. The molecule has 2 aromatic rings. The molecule has 29 nitrogen and oxygen atoms in total. The van der Waals surface area contributed by atoms with E-state index in [1.165, 1.54) is 31.2 Å². The van der Waals surface area contributed by atoms with Crippen molar-refractivity contribution in [2.24, 2.45) is 29.0 Å². The second-order valence-corrected chi connectivity index (χ2v) is 21.7. The van der Waals surface area contributed by atoms with E-state index in [-0.39, 0.29) is 69.7 Å². The lowest BCUT2D eigenvalue weighted by Crippen LogP contribution is -2.61. The van der Waals surface area contributed by atoms with Crippen molar-refractivity contribution < 1.29 is 83.1 Å². The second kappa shape index (κ2) is 35.1. The third-order valence-electron chi connectivity index (χ3n) is 13.8. The number of rotatable bonds is 36. The van der Waals surface area contributed by atoms with Gasteiger partial charge in [0.15, 0.2) is 0 Å². The number of carbonyl (C=O) groups excluding carboxylic acids is 10. The fourth-order valence-corrected chi connectivity index (χ4v) is 9.12. The van der Waals surface area contributed by atoms with E-state index in [9.17, 15) is 83.1 Å². The summed E-state index contributed by atoms with van der Waals surface area (Å²) in [6.07, 6.45) is -2.83. The minimum atomic E-state index is -1.84. The number of carboxylic acid groups (broad SMARTS) is 2. The summed E-state index contributed by atoms with van der Waals surface area (Å²) in [7, 11) is 0. The standard InChI is InChI=1S/C56H84N12O17/c1-29(2)24-40(56(84)85)65-50(78)37(26-33-16-18-34(71)19-17-33)62-49(77)38(25-32-12-7-6-8-13-32)63-54(82)46(30(3)4)67-48(76)35(14-9-10-22-57)60-51(79)41(28-69)66-47(75)36(20-21-44(73)74)61-52(80)42-15-11-23-68(42)55(83)39(27-43(58)72)64-53(81)45(59)31(5)70/h6-8,12-13,16-19,29-31,35-42,45-46,69-71H,9-11,14-15,20-28,57,59H2,1-5H3,(H2,58,72)(H,60,79)(H,61,80)(H,62,77)(H,63,82)(H,64,81)(H,65,78)(H,66,75)(H,67,76)(H,73,74)(H,84,85)/t31-,35+,36+,37+,38+,39+,40+,41+,42+,45+,46+/m1/s1. The first-order chi connectivity index (χ1) is 40.1. The number of likely N-dealkylation sites (tertiary alicyclic amines) is 1. The van der Waals surface area contributed by atoms with Crippen molar-refractivity contribution in [1.29, 1.82) is 0 Å². The highest BCUT2D eigenvalue weighted by Crippen LogP contribution is 2.21. The van der Waals surface area contributed by atoms with Crippen LogP contribution in [0.4, 0.5) is 0 Å². The van der Waals surface area contributed by atoms with Crippen molar-refractivity contribution in [2.75, 3.05) is 19.7 Å². The number of hydrogen-bond acceptors (Lipinski definition) is 17. The van der Waals surface area contributed by atoms with Gasteiger partial charge in [-0.3, -0.25) is 52.7 Å². The normalized spacial score (nSPS) is 16.6. The molecular weight excluding hydrogens is 1110 g/mol. The Morgan fingerprint density at radius 1 is 0.612 bits per heavy atom.